The Balaban J connectivity index is 1.62. The number of nitrogens with zero attached hydrogens (tertiary/aromatic N) is 4. The Morgan fingerprint density at radius 3 is 2.70 bits per heavy atom. The van der Waals surface area contributed by atoms with E-state index >= 15 is 0 Å². The highest BCUT2D eigenvalue weighted by atomic mass is 79.9. The van der Waals surface area contributed by atoms with E-state index < -0.39 is 0 Å². The van der Waals surface area contributed by atoms with Crippen LogP contribution < -0.4 is 10.6 Å². The summed E-state index contributed by atoms with van der Waals surface area (Å²) in [6, 6.07) is 0.413. The fraction of sp³-hybridized carbons (Fsp3) is 0.571. The maximum Gasteiger partial charge on any atom is 0.211 e. The average molecular weight is 336 g/mol. The highest BCUT2D eigenvalue weighted by molar-refractivity contribution is 9.10. The summed E-state index contributed by atoms with van der Waals surface area (Å²) >= 11 is 3.50. The fourth-order valence-corrected chi connectivity index (χ4v) is 4.00. The van der Waals surface area contributed by atoms with Crippen LogP contribution in [0.25, 0.3) is 5.65 Å². The van der Waals surface area contributed by atoms with Gasteiger partial charge in [-0.3, -0.25) is 4.40 Å². The number of anilines is 1. The van der Waals surface area contributed by atoms with E-state index in [-0.39, 0.29) is 0 Å². The molecule has 0 bridgehead atoms. The Morgan fingerprint density at radius 2 is 2.05 bits per heavy atom. The van der Waals surface area contributed by atoms with Crippen molar-refractivity contribution in [2.45, 2.75) is 31.7 Å². The van der Waals surface area contributed by atoms with Crippen LogP contribution in [0.15, 0.2) is 23.1 Å². The maximum absolute atomic E-state index is 6.21. The number of hydrogen-bond acceptors (Lipinski definition) is 4. The third-order valence-corrected chi connectivity index (χ3v) is 5.70. The van der Waals surface area contributed by atoms with Gasteiger partial charge >= 0.3 is 0 Å². The molecule has 0 aromatic carbocycles. The van der Waals surface area contributed by atoms with Gasteiger partial charge in [0.15, 0.2) is 5.65 Å². The summed E-state index contributed by atoms with van der Waals surface area (Å²) in [5.74, 6) is 0.989. The van der Waals surface area contributed by atoms with Crippen molar-refractivity contribution in [3.05, 3.63) is 23.1 Å². The van der Waals surface area contributed by atoms with Gasteiger partial charge in [0.1, 0.15) is 0 Å². The predicted octanol–water partition coefficient (Wildman–Crippen LogP) is 2.20. The second-order valence-corrected chi connectivity index (χ2v) is 6.88. The lowest BCUT2D eigenvalue weighted by molar-refractivity contribution is 0.0608. The summed E-state index contributed by atoms with van der Waals surface area (Å²) in [6.45, 7) is 2.07. The first-order chi connectivity index (χ1) is 9.70. The number of fused-ring (bicyclic) bond motifs is 1. The number of nitrogens with two attached hydrogens (primary N) is 1. The summed E-state index contributed by atoms with van der Waals surface area (Å²) in [5, 5.41) is 0. The molecule has 1 aliphatic carbocycles. The maximum atomic E-state index is 6.21. The molecule has 2 N–H and O–H groups in total. The number of halogens is 1. The highest BCUT2D eigenvalue weighted by Gasteiger charge is 2.46. The SMILES string of the molecule is N[C@@H]1CCC12CCN(c1ncc(Br)c3nccn13)CC2. The Kier molecular flexibility index (Phi) is 2.79. The second kappa shape index (κ2) is 4.43. The third kappa shape index (κ3) is 1.71. The van der Waals surface area contributed by atoms with Crippen LogP contribution >= 0.6 is 15.9 Å². The zero-order chi connectivity index (χ0) is 13.7. The first-order valence-corrected chi connectivity index (χ1v) is 7.97. The number of aromatic nitrogens is 3. The minimum atomic E-state index is 0.413. The van der Waals surface area contributed by atoms with Crippen LogP contribution in [0.4, 0.5) is 5.95 Å². The molecule has 4 rings (SSSR count). The predicted molar refractivity (Wildman–Crippen MR) is 81.8 cm³/mol. The van der Waals surface area contributed by atoms with Crippen LogP contribution in [0.2, 0.25) is 0 Å². The van der Waals surface area contributed by atoms with Gasteiger partial charge in [-0.1, -0.05) is 0 Å². The normalized spacial score (nSPS) is 25.1. The molecule has 106 valence electrons. The lowest BCUT2D eigenvalue weighted by atomic mass is 9.60. The van der Waals surface area contributed by atoms with E-state index in [0.29, 0.717) is 11.5 Å². The first kappa shape index (κ1) is 12.6. The van der Waals surface area contributed by atoms with Crippen LogP contribution in [0.1, 0.15) is 25.7 Å². The molecule has 20 heavy (non-hydrogen) atoms. The van der Waals surface area contributed by atoms with Gasteiger partial charge in [0.2, 0.25) is 5.95 Å². The quantitative estimate of drug-likeness (QED) is 0.867. The molecule has 2 aliphatic rings. The summed E-state index contributed by atoms with van der Waals surface area (Å²) in [7, 11) is 0. The molecule has 1 saturated heterocycles. The minimum Gasteiger partial charge on any atom is -0.342 e. The molecule has 1 spiro atoms. The Morgan fingerprint density at radius 1 is 1.25 bits per heavy atom. The molecule has 1 atom stereocenters. The fourth-order valence-electron chi connectivity index (χ4n) is 3.60. The second-order valence-electron chi connectivity index (χ2n) is 6.02. The van der Waals surface area contributed by atoms with Crippen LogP contribution in [-0.4, -0.2) is 33.5 Å². The lowest BCUT2D eigenvalue weighted by Crippen LogP contribution is -2.56. The van der Waals surface area contributed by atoms with Crippen molar-refractivity contribution in [2.75, 3.05) is 18.0 Å². The van der Waals surface area contributed by atoms with Crippen molar-refractivity contribution in [1.82, 2.24) is 14.4 Å². The molecule has 1 aliphatic heterocycles. The molecule has 0 radical (unpaired) electrons. The van der Waals surface area contributed by atoms with Crippen molar-refractivity contribution in [3.63, 3.8) is 0 Å². The zero-order valence-electron chi connectivity index (χ0n) is 11.3. The summed E-state index contributed by atoms with van der Waals surface area (Å²) in [4.78, 5) is 11.3. The molecule has 6 heteroatoms. The molecule has 2 fully saturated rings. The van der Waals surface area contributed by atoms with Crippen molar-refractivity contribution < 1.29 is 0 Å². The summed E-state index contributed by atoms with van der Waals surface area (Å²) < 4.78 is 2.99. The van der Waals surface area contributed by atoms with Crippen molar-refractivity contribution in [1.29, 1.82) is 0 Å². The lowest BCUT2D eigenvalue weighted by Gasteiger charge is -2.52. The van der Waals surface area contributed by atoms with Crippen LogP contribution in [0.3, 0.4) is 0 Å². The van der Waals surface area contributed by atoms with Gasteiger partial charge in [0, 0.05) is 37.7 Å². The van der Waals surface area contributed by atoms with Gasteiger partial charge < -0.3 is 10.6 Å². The van der Waals surface area contributed by atoms with Crippen LogP contribution in [0, 0.1) is 5.41 Å². The Labute approximate surface area is 126 Å². The van der Waals surface area contributed by atoms with Crippen LogP contribution in [0.5, 0.6) is 0 Å². The van der Waals surface area contributed by atoms with Crippen LogP contribution in [-0.2, 0) is 0 Å². The smallest absolute Gasteiger partial charge is 0.211 e. The van der Waals surface area contributed by atoms with E-state index in [1.54, 1.807) is 0 Å². The Bertz CT molecular complexity index is 644. The third-order valence-electron chi connectivity index (χ3n) is 5.15. The molecular weight excluding hydrogens is 318 g/mol. The molecule has 1 saturated carbocycles. The molecule has 5 nitrogen and oxygen atoms in total. The number of rotatable bonds is 1. The van der Waals surface area contributed by atoms with E-state index in [4.69, 9.17) is 5.73 Å². The van der Waals surface area contributed by atoms with Crippen molar-refractivity contribution >= 4 is 27.5 Å². The molecule has 0 amide bonds. The van der Waals surface area contributed by atoms with Gasteiger partial charge in [-0.2, -0.15) is 0 Å². The topological polar surface area (TPSA) is 59.5 Å². The van der Waals surface area contributed by atoms with Gasteiger partial charge in [-0.15, -0.1) is 0 Å². The largest absolute Gasteiger partial charge is 0.342 e. The standard InChI is InChI=1S/C14H18BrN5/c15-10-9-18-13(20-8-5-17-12(10)20)19-6-3-14(4-7-19)2-1-11(14)16/h5,8-9,11H,1-4,6-7,16H2/t11-/m1/s1. The number of hydrogen-bond donors (Lipinski definition) is 1. The molecular formula is C14H18BrN5. The summed E-state index contributed by atoms with van der Waals surface area (Å²) in [6.07, 6.45) is 10.5. The zero-order valence-corrected chi connectivity index (χ0v) is 12.9. The van der Waals surface area contributed by atoms with Gasteiger partial charge in [-0.25, -0.2) is 9.97 Å². The van der Waals surface area contributed by atoms with Gasteiger partial charge in [0.25, 0.3) is 0 Å². The average Bonchev–Trinajstić information content (AvgIpc) is 2.97. The van der Waals surface area contributed by atoms with Gasteiger partial charge in [-0.05, 0) is 47.0 Å². The van der Waals surface area contributed by atoms with E-state index in [2.05, 4.69) is 35.2 Å². The molecule has 2 aromatic heterocycles. The van der Waals surface area contributed by atoms with E-state index in [9.17, 15) is 0 Å². The number of imidazole rings is 1. The van der Waals surface area contributed by atoms with Crippen molar-refractivity contribution in [3.8, 4) is 0 Å². The van der Waals surface area contributed by atoms with E-state index in [1.807, 2.05) is 18.6 Å². The summed E-state index contributed by atoms with van der Waals surface area (Å²) in [5.41, 5.74) is 7.55. The van der Waals surface area contributed by atoms with E-state index in [1.165, 1.54) is 25.7 Å². The van der Waals surface area contributed by atoms with Crippen molar-refractivity contribution in [2.24, 2.45) is 11.1 Å². The molecule has 3 heterocycles. The molecule has 0 unspecified atom stereocenters. The molecule has 2 aromatic rings. The first-order valence-electron chi connectivity index (χ1n) is 7.18. The number of piperidine rings is 1. The van der Waals surface area contributed by atoms with E-state index in [0.717, 1.165) is 29.2 Å². The Hall–Kier alpha value is -1.14. The monoisotopic (exact) mass is 335 g/mol. The van der Waals surface area contributed by atoms with Gasteiger partial charge in [0.05, 0.1) is 4.47 Å². The minimum absolute atomic E-state index is 0.413. The highest BCUT2D eigenvalue weighted by Crippen LogP contribution is 2.48.